The summed E-state index contributed by atoms with van der Waals surface area (Å²) in [4.78, 5) is 2.51. The zero-order valence-electron chi connectivity index (χ0n) is 9.77. The van der Waals surface area contributed by atoms with Crippen LogP contribution in [0.5, 0.6) is 0 Å². The Labute approximate surface area is 83.5 Å². The van der Waals surface area contributed by atoms with Crippen molar-refractivity contribution in [1.82, 2.24) is 4.90 Å². The fourth-order valence-corrected chi connectivity index (χ4v) is 2.29. The molecule has 2 heteroatoms. The smallest absolute Gasteiger partial charge is 0.0328 e. The third-order valence-electron chi connectivity index (χ3n) is 3.19. The molecule has 0 amide bonds. The first-order valence-electron chi connectivity index (χ1n) is 5.65. The van der Waals surface area contributed by atoms with E-state index in [1.807, 2.05) is 0 Å². The molecular weight excluding hydrogens is 160 g/mol. The third-order valence-corrected chi connectivity index (χ3v) is 3.19. The standard InChI is InChI=1S/C11H26N2/c1-5-9-11(6-2,10-12)13(7-3)8-4/h5-10,12H2,1-4H3. The van der Waals surface area contributed by atoms with E-state index < -0.39 is 0 Å². The molecule has 0 aromatic carbocycles. The van der Waals surface area contributed by atoms with Gasteiger partial charge < -0.3 is 5.73 Å². The summed E-state index contributed by atoms with van der Waals surface area (Å²) in [5, 5.41) is 0. The maximum Gasteiger partial charge on any atom is 0.0328 e. The highest BCUT2D eigenvalue weighted by Crippen LogP contribution is 2.24. The van der Waals surface area contributed by atoms with E-state index in [-0.39, 0.29) is 5.54 Å². The van der Waals surface area contributed by atoms with Gasteiger partial charge in [0.2, 0.25) is 0 Å². The summed E-state index contributed by atoms with van der Waals surface area (Å²) in [6.45, 7) is 11.9. The highest BCUT2D eigenvalue weighted by atomic mass is 15.2. The molecule has 0 saturated heterocycles. The van der Waals surface area contributed by atoms with Gasteiger partial charge in [-0.1, -0.05) is 34.1 Å². The molecule has 0 heterocycles. The molecule has 0 fully saturated rings. The van der Waals surface area contributed by atoms with E-state index in [4.69, 9.17) is 5.73 Å². The molecule has 1 unspecified atom stereocenters. The summed E-state index contributed by atoms with van der Waals surface area (Å²) in [6, 6.07) is 0. The lowest BCUT2D eigenvalue weighted by Gasteiger charge is -2.42. The molecule has 1 atom stereocenters. The predicted molar refractivity (Wildman–Crippen MR) is 59.9 cm³/mol. The number of nitrogens with two attached hydrogens (primary N) is 1. The van der Waals surface area contributed by atoms with Gasteiger partial charge in [-0.15, -0.1) is 0 Å². The minimum absolute atomic E-state index is 0.262. The van der Waals surface area contributed by atoms with E-state index in [0.717, 1.165) is 19.6 Å². The van der Waals surface area contributed by atoms with Gasteiger partial charge in [0.1, 0.15) is 0 Å². The largest absolute Gasteiger partial charge is 0.329 e. The van der Waals surface area contributed by atoms with E-state index in [1.54, 1.807) is 0 Å². The fourth-order valence-electron chi connectivity index (χ4n) is 2.29. The van der Waals surface area contributed by atoms with E-state index in [9.17, 15) is 0 Å². The van der Waals surface area contributed by atoms with Crippen LogP contribution in [0.1, 0.15) is 47.0 Å². The van der Waals surface area contributed by atoms with Crippen LogP contribution in [0.4, 0.5) is 0 Å². The Morgan fingerprint density at radius 1 is 1.08 bits per heavy atom. The molecule has 0 aliphatic heterocycles. The number of hydrogen-bond donors (Lipinski definition) is 1. The van der Waals surface area contributed by atoms with Crippen LogP contribution in [0.15, 0.2) is 0 Å². The van der Waals surface area contributed by atoms with Crippen molar-refractivity contribution in [3.8, 4) is 0 Å². The maximum absolute atomic E-state index is 5.91. The summed E-state index contributed by atoms with van der Waals surface area (Å²) in [5.74, 6) is 0. The average molecular weight is 186 g/mol. The molecule has 0 spiro atoms. The van der Waals surface area contributed by atoms with Crippen molar-refractivity contribution in [2.75, 3.05) is 19.6 Å². The Kier molecular flexibility index (Phi) is 6.35. The monoisotopic (exact) mass is 186 g/mol. The Bertz CT molecular complexity index is 115. The highest BCUT2D eigenvalue weighted by molar-refractivity contribution is 4.89. The van der Waals surface area contributed by atoms with Crippen LogP contribution in [-0.4, -0.2) is 30.1 Å². The Morgan fingerprint density at radius 2 is 1.62 bits per heavy atom. The van der Waals surface area contributed by atoms with E-state index in [1.165, 1.54) is 19.3 Å². The van der Waals surface area contributed by atoms with Crippen LogP contribution >= 0.6 is 0 Å². The van der Waals surface area contributed by atoms with Gasteiger partial charge in [-0.25, -0.2) is 0 Å². The van der Waals surface area contributed by atoms with Gasteiger partial charge in [0.15, 0.2) is 0 Å². The topological polar surface area (TPSA) is 29.3 Å². The lowest BCUT2D eigenvalue weighted by molar-refractivity contribution is 0.0914. The van der Waals surface area contributed by atoms with E-state index >= 15 is 0 Å². The lowest BCUT2D eigenvalue weighted by Crippen LogP contribution is -2.53. The van der Waals surface area contributed by atoms with Crippen LogP contribution in [-0.2, 0) is 0 Å². The predicted octanol–water partition coefficient (Wildman–Crippen LogP) is 2.24. The van der Waals surface area contributed by atoms with Gasteiger partial charge in [0.25, 0.3) is 0 Å². The Morgan fingerprint density at radius 3 is 1.85 bits per heavy atom. The van der Waals surface area contributed by atoms with Crippen molar-refractivity contribution >= 4 is 0 Å². The van der Waals surface area contributed by atoms with Crippen molar-refractivity contribution in [3.05, 3.63) is 0 Å². The summed E-state index contributed by atoms with van der Waals surface area (Å²) in [7, 11) is 0. The number of nitrogens with zero attached hydrogens (tertiary/aromatic N) is 1. The summed E-state index contributed by atoms with van der Waals surface area (Å²) < 4.78 is 0. The maximum atomic E-state index is 5.91. The van der Waals surface area contributed by atoms with E-state index in [2.05, 4.69) is 32.6 Å². The van der Waals surface area contributed by atoms with Gasteiger partial charge in [0, 0.05) is 12.1 Å². The number of likely N-dealkylation sites (N-methyl/N-ethyl adjacent to an activating group) is 1. The van der Waals surface area contributed by atoms with Crippen LogP contribution in [0.2, 0.25) is 0 Å². The second kappa shape index (κ2) is 6.39. The zero-order valence-corrected chi connectivity index (χ0v) is 9.77. The first kappa shape index (κ1) is 12.9. The Hall–Kier alpha value is -0.0800. The first-order valence-corrected chi connectivity index (χ1v) is 5.65. The number of hydrogen-bond acceptors (Lipinski definition) is 2. The van der Waals surface area contributed by atoms with Gasteiger partial charge in [0.05, 0.1) is 0 Å². The molecule has 2 nitrogen and oxygen atoms in total. The van der Waals surface area contributed by atoms with Gasteiger partial charge >= 0.3 is 0 Å². The van der Waals surface area contributed by atoms with Crippen molar-refractivity contribution in [2.45, 2.75) is 52.5 Å². The second-order valence-electron chi connectivity index (χ2n) is 3.70. The normalized spacial score (nSPS) is 16.2. The SMILES string of the molecule is CCCC(CC)(CN)N(CC)CC. The van der Waals surface area contributed by atoms with Gasteiger partial charge in [-0.2, -0.15) is 0 Å². The molecule has 0 aliphatic rings. The van der Waals surface area contributed by atoms with Gasteiger partial charge in [-0.05, 0) is 25.9 Å². The molecule has 13 heavy (non-hydrogen) atoms. The van der Waals surface area contributed by atoms with Crippen LogP contribution < -0.4 is 5.73 Å². The van der Waals surface area contributed by atoms with Crippen molar-refractivity contribution < 1.29 is 0 Å². The summed E-state index contributed by atoms with van der Waals surface area (Å²) >= 11 is 0. The van der Waals surface area contributed by atoms with Crippen molar-refractivity contribution in [2.24, 2.45) is 5.73 Å². The van der Waals surface area contributed by atoms with Gasteiger partial charge in [-0.3, -0.25) is 4.90 Å². The molecule has 0 aliphatic carbocycles. The Balaban J connectivity index is 4.50. The second-order valence-corrected chi connectivity index (χ2v) is 3.70. The molecular formula is C11H26N2. The molecule has 0 aromatic rings. The molecule has 0 radical (unpaired) electrons. The molecule has 0 rings (SSSR count). The molecule has 2 N–H and O–H groups in total. The first-order chi connectivity index (χ1) is 6.20. The number of rotatable bonds is 7. The fraction of sp³-hybridized carbons (Fsp3) is 1.00. The highest BCUT2D eigenvalue weighted by Gasteiger charge is 2.30. The van der Waals surface area contributed by atoms with Crippen molar-refractivity contribution in [1.29, 1.82) is 0 Å². The van der Waals surface area contributed by atoms with Crippen molar-refractivity contribution in [3.63, 3.8) is 0 Å². The van der Waals surface area contributed by atoms with E-state index in [0.29, 0.717) is 0 Å². The van der Waals surface area contributed by atoms with Crippen LogP contribution in [0.3, 0.4) is 0 Å². The molecule has 0 bridgehead atoms. The summed E-state index contributed by atoms with van der Waals surface area (Å²) in [6.07, 6.45) is 3.61. The third kappa shape index (κ3) is 2.96. The minimum atomic E-state index is 0.262. The quantitative estimate of drug-likeness (QED) is 0.660. The minimum Gasteiger partial charge on any atom is -0.329 e. The molecule has 0 aromatic heterocycles. The van der Waals surface area contributed by atoms with Crippen LogP contribution in [0.25, 0.3) is 0 Å². The average Bonchev–Trinajstić information content (AvgIpc) is 2.18. The lowest BCUT2D eigenvalue weighted by atomic mass is 9.88. The summed E-state index contributed by atoms with van der Waals surface area (Å²) in [5.41, 5.74) is 6.18. The molecule has 80 valence electrons. The van der Waals surface area contributed by atoms with Crippen LogP contribution in [0, 0.1) is 0 Å². The zero-order chi connectivity index (χ0) is 10.3. The molecule has 0 saturated carbocycles.